The molecule has 0 N–H and O–H groups in total. The van der Waals surface area contributed by atoms with Gasteiger partial charge < -0.3 is 13.9 Å². The highest BCUT2D eigenvalue weighted by molar-refractivity contribution is 5.87. The van der Waals surface area contributed by atoms with Gasteiger partial charge in [-0.15, -0.1) is 0 Å². The van der Waals surface area contributed by atoms with Crippen LogP contribution in [0.15, 0.2) is 75.9 Å². The summed E-state index contributed by atoms with van der Waals surface area (Å²) in [4.78, 5) is 13.5. The molecule has 0 radical (unpaired) electrons. The Morgan fingerprint density at radius 3 is 2.56 bits per heavy atom. The molecule has 0 unspecified atom stereocenters. The third kappa shape index (κ3) is 4.31. The van der Waals surface area contributed by atoms with E-state index < -0.39 is 0 Å². The highest BCUT2D eigenvalue weighted by Gasteiger charge is 2.23. The maximum atomic E-state index is 13.5. The molecule has 5 rings (SSSR count). The molecule has 0 atom stereocenters. The van der Waals surface area contributed by atoms with Crippen LogP contribution in [0.1, 0.15) is 29.7 Å². The Morgan fingerprint density at radius 1 is 1.03 bits per heavy atom. The number of para-hydroxylation sites is 2. The molecule has 5 nitrogen and oxygen atoms in total. The number of nitriles is 1. The fourth-order valence-corrected chi connectivity index (χ4v) is 3.89. The van der Waals surface area contributed by atoms with Gasteiger partial charge in [-0.05, 0) is 66.8 Å². The predicted molar refractivity (Wildman–Crippen MR) is 133 cm³/mol. The zero-order valence-electron chi connectivity index (χ0n) is 18.8. The highest BCUT2D eigenvalue weighted by atomic mass is 16.5. The quantitative estimate of drug-likeness (QED) is 0.331. The zero-order valence-corrected chi connectivity index (χ0v) is 18.8. The highest BCUT2D eigenvalue weighted by Crippen LogP contribution is 2.36. The van der Waals surface area contributed by atoms with E-state index >= 15 is 0 Å². The van der Waals surface area contributed by atoms with Crippen molar-refractivity contribution in [2.75, 3.05) is 13.7 Å². The van der Waals surface area contributed by atoms with Crippen LogP contribution in [-0.2, 0) is 0 Å². The van der Waals surface area contributed by atoms with Crippen molar-refractivity contribution in [3.05, 3.63) is 93.8 Å². The van der Waals surface area contributed by atoms with E-state index in [2.05, 4.69) is 6.07 Å². The number of nitrogens with zero attached hydrogens (tertiary/aromatic N) is 1. The van der Waals surface area contributed by atoms with Crippen LogP contribution in [0.4, 0.5) is 0 Å². The Bertz CT molecular complexity index is 1470. The van der Waals surface area contributed by atoms with Crippen LogP contribution in [0.5, 0.6) is 11.5 Å². The fraction of sp³-hybridized carbons (Fsp3) is 0.172. The maximum absolute atomic E-state index is 13.5. The Labute approximate surface area is 197 Å². The van der Waals surface area contributed by atoms with Gasteiger partial charge in [0.25, 0.3) is 0 Å². The Morgan fingerprint density at radius 2 is 1.82 bits per heavy atom. The summed E-state index contributed by atoms with van der Waals surface area (Å²) in [5, 5.41) is 9.66. The molecular formula is C29H23NO4. The van der Waals surface area contributed by atoms with Crippen LogP contribution in [-0.4, -0.2) is 13.7 Å². The lowest BCUT2D eigenvalue weighted by atomic mass is 10.00. The van der Waals surface area contributed by atoms with E-state index in [1.54, 1.807) is 49.6 Å². The Hall–Kier alpha value is -4.30. The molecular weight excluding hydrogens is 426 g/mol. The molecule has 5 heteroatoms. The van der Waals surface area contributed by atoms with Crippen LogP contribution in [0.25, 0.3) is 34.2 Å². The first-order valence-electron chi connectivity index (χ1n) is 11.2. The van der Waals surface area contributed by atoms with Crippen molar-refractivity contribution >= 4 is 23.1 Å². The van der Waals surface area contributed by atoms with E-state index in [4.69, 9.17) is 19.2 Å². The van der Waals surface area contributed by atoms with Crippen molar-refractivity contribution < 1.29 is 13.9 Å². The number of methoxy groups -OCH3 is 1. The normalized spacial score (nSPS) is 13.2. The third-order valence-electron chi connectivity index (χ3n) is 5.93. The molecule has 1 aliphatic rings. The van der Waals surface area contributed by atoms with Crippen molar-refractivity contribution in [1.29, 1.82) is 5.26 Å². The van der Waals surface area contributed by atoms with Gasteiger partial charge in [-0.2, -0.15) is 5.26 Å². The van der Waals surface area contributed by atoms with Crippen LogP contribution in [0.2, 0.25) is 0 Å². The van der Waals surface area contributed by atoms with E-state index in [-0.39, 0.29) is 5.43 Å². The molecule has 0 amide bonds. The van der Waals surface area contributed by atoms with Crippen molar-refractivity contribution in [3.63, 3.8) is 0 Å². The molecule has 1 heterocycles. The van der Waals surface area contributed by atoms with Gasteiger partial charge in [-0.25, -0.2) is 0 Å². The zero-order chi connectivity index (χ0) is 23.5. The van der Waals surface area contributed by atoms with E-state index in [1.165, 1.54) is 12.8 Å². The molecule has 0 spiro atoms. The lowest BCUT2D eigenvalue weighted by Gasteiger charge is -2.13. The Kier molecular flexibility index (Phi) is 5.88. The molecule has 1 aliphatic carbocycles. The summed E-state index contributed by atoms with van der Waals surface area (Å²) < 4.78 is 17.8. The maximum Gasteiger partial charge on any atom is 0.201 e. The number of hydrogen-bond acceptors (Lipinski definition) is 5. The topological polar surface area (TPSA) is 72.5 Å². The first-order chi connectivity index (χ1) is 16.7. The molecule has 0 saturated heterocycles. The molecule has 1 saturated carbocycles. The smallest absolute Gasteiger partial charge is 0.201 e. The van der Waals surface area contributed by atoms with Gasteiger partial charge in [0.2, 0.25) is 5.43 Å². The fourth-order valence-electron chi connectivity index (χ4n) is 3.89. The number of hydrogen-bond donors (Lipinski definition) is 0. The number of fused-ring (bicyclic) bond motifs is 1. The summed E-state index contributed by atoms with van der Waals surface area (Å²) in [5.74, 6) is 2.37. The van der Waals surface area contributed by atoms with Crippen LogP contribution in [0, 0.1) is 17.2 Å². The summed E-state index contributed by atoms with van der Waals surface area (Å²) in [6, 6.07) is 22.0. The minimum absolute atomic E-state index is 0.123. The third-order valence-corrected chi connectivity index (χ3v) is 5.93. The summed E-state index contributed by atoms with van der Waals surface area (Å²) in [6.45, 7) is 0.656. The monoisotopic (exact) mass is 449 g/mol. The van der Waals surface area contributed by atoms with Crippen LogP contribution in [0.3, 0.4) is 0 Å². The minimum Gasteiger partial charge on any atom is -0.493 e. The van der Waals surface area contributed by atoms with Crippen molar-refractivity contribution in [2.45, 2.75) is 12.8 Å². The molecule has 1 aromatic heterocycles. The van der Waals surface area contributed by atoms with Gasteiger partial charge in [0.1, 0.15) is 11.3 Å². The standard InChI is InChI=1S/C29H23NO4/c1-32-26-8-4-5-22(29(26)33-18-20-9-10-20)15-16-25-27(21-13-11-19(17-30)12-14-21)28(31)23-6-2-3-7-24(23)34-25/h2-8,11-16,20H,9-10,18H2,1H3/b16-15+. The minimum atomic E-state index is -0.123. The summed E-state index contributed by atoms with van der Waals surface area (Å²) in [6.07, 6.45) is 6.05. The first kappa shape index (κ1) is 21.5. The molecule has 34 heavy (non-hydrogen) atoms. The molecule has 3 aromatic carbocycles. The first-order valence-corrected chi connectivity index (χ1v) is 11.2. The van der Waals surface area contributed by atoms with Crippen molar-refractivity contribution in [2.24, 2.45) is 5.92 Å². The summed E-state index contributed by atoms with van der Waals surface area (Å²) >= 11 is 0. The van der Waals surface area contributed by atoms with Gasteiger partial charge in [0.15, 0.2) is 11.5 Å². The molecule has 168 valence electrons. The predicted octanol–water partition coefficient (Wildman–Crippen LogP) is 6.30. The molecule has 4 aromatic rings. The van der Waals surface area contributed by atoms with Crippen LogP contribution < -0.4 is 14.9 Å². The second-order valence-corrected chi connectivity index (χ2v) is 8.32. The average molecular weight is 450 g/mol. The van der Waals surface area contributed by atoms with Crippen molar-refractivity contribution in [1.82, 2.24) is 0 Å². The summed E-state index contributed by atoms with van der Waals surface area (Å²) in [7, 11) is 1.62. The molecule has 0 aliphatic heterocycles. The van der Waals surface area contributed by atoms with E-state index in [0.29, 0.717) is 57.4 Å². The largest absolute Gasteiger partial charge is 0.493 e. The van der Waals surface area contributed by atoms with Gasteiger partial charge in [-0.3, -0.25) is 4.79 Å². The van der Waals surface area contributed by atoms with E-state index in [9.17, 15) is 4.79 Å². The van der Waals surface area contributed by atoms with Gasteiger partial charge in [0, 0.05) is 5.56 Å². The van der Waals surface area contributed by atoms with Gasteiger partial charge >= 0.3 is 0 Å². The van der Waals surface area contributed by atoms with E-state index in [1.807, 2.05) is 36.4 Å². The van der Waals surface area contributed by atoms with Gasteiger partial charge in [-0.1, -0.05) is 36.4 Å². The number of ether oxygens (including phenoxy) is 2. The number of rotatable bonds is 7. The lowest BCUT2D eigenvalue weighted by Crippen LogP contribution is -2.07. The average Bonchev–Trinajstić information content (AvgIpc) is 3.71. The number of benzene rings is 3. The van der Waals surface area contributed by atoms with Crippen molar-refractivity contribution in [3.8, 4) is 28.7 Å². The van der Waals surface area contributed by atoms with E-state index in [0.717, 1.165) is 5.56 Å². The Balaban J connectivity index is 1.62. The molecule has 1 fully saturated rings. The second-order valence-electron chi connectivity index (χ2n) is 8.32. The van der Waals surface area contributed by atoms with Crippen LogP contribution >= 0.6 is 0 Å². The molecule has 0 bridgehead atoms. The summed E-state index contributed by atoms with van der Waals surface area (Å²) in [5.41, 5.74) is 2.89. The SMILES string of the molecule is COc1cccc(/C=C/c2oc3ccccc3c(=O)c2-c2ccc(C#N)cc2)c1OCC1CC1. The lowest BCUT2D eigenvalue weighted by molar-refractivity contribution is 0.280. The van der Waals surface area contributed by atoms with Gasteiger partial charge in [0.05, 0.1) is 36.3 Å². The second kappa shape index (κ2) is 9.29.